The molecule has 1 aromatic carbocycles. The van der Waals surface area contributed by atoms with Gasteiger partial charge < -0.3 is 21.1 Å². The molecule has 7 nitrogen and oxygen atoms in total. The van der Waals surface area contributed by atoms with E-state index in [1.54, 1.807) is 7.05 Å². The lowest BCUT2D eigenvalue weighted by atomic mass is 10.2. The molecule has 27 heavy (non-hydrogen) atoms. The molecule has 2 atom stereocenters. The Morgan fingerprint density at radius 1 is 1.41 bits per heavy atom. The number of aliphatic imine (C=N–C) groups is 1. The van der Waals surface area contributed by atoms with Gasteiger partial charge in [-0.15, -0.1) is 24.0 Å². The molecule has 0 radical (unpaired) electrons. The van der Waals surface area contributed by atoms with Crippen LogP contribution in [0.5, 0.6) is 5.75 Å². The molecule has 2 aliphatic rings. The number of benzene rings is 1. The molecule has 0 aromatic heterocycles. The van der Waals surface area contributed by atoms with Crippen LogP contribution in [0.1, 0.15) is 31.7 Å². The Morgan fingerprint density at radius 3 is 2.85 bits per heavy atom. The highest BCUT2D eigenvalue weighted by atomic mass is 127. The average Bonchev–Trinajstić information content (AvgIpc) is 3.40. The highest BCUT2D eigenvalue weighted by Gasteiger charge is 2.38. The second-order valence-corrected chi connectivity index (χ2v) is 7.18. The van der Waals surface area contributed by atoms with Crippen molar-refractivity contribution in [3.05, 3.63) is 29.8 Å². The summed E-state index contributed by atoms with van der Waals surface area (Å²) in [5.41, 5.74) is 6.16. The Kier molecular flexibility index (Phi) is 8.15. The molecule has 1 aromatic rings. The maximum Gasteiger partial charge on any atom is 0.255 e. The van der Waals surface area contributed by atoms with E-state index in [-0.39, 0.29) is 30.6 Å². The van der Waals surface area contributed by atoms with E-state index >= 15 is 0 Å². The summed E-state index contributed by atoms with van der Waals surface area (Å²) in [5.74, 6) is 0.961. The Bertz CT molecular complexity index is 665. The number of hydrogen-bond acceptors (Lipinski definition) is 4. The number of halogens is 1. The van der Waals surface area contributed by atoms with Gasteiger partial charge in [0, 0.05) is 38.3 Å². The monoisotopic (exact) mass is 487 g/mol. The summed E-state index contributed by atoms with van der Waals surface area (Å²) in [7, 11) is 1.79. The standard InChI is InChI=1S/C19H29N5O2.HI/c1-13-8-15(11-24(13)16-6-7-16)23-19(21-2)22-10-14-4-3-5-17(9-14)26-12-18(20)25;/h3-5,9,13,15-16H,6-8,10-12H2,1-2H3,(H2,20,25)(H2,21,22,23);1H. The van der Waals surface area contributed by atoms with E-state index in [1.807, 2.05) is 24.3 Å². The van der Waals surface area contributed by atoms with E-state index in [0.29, 0.717) is 24.4 Å². The van der Waals surface area contributed by atoms with Crippen LogP contribution < -0.4 is 21.1 Å². The number of guanidine groups is 1. The topological polar surface area (TPSA) is 92.0 Å². The lowest BCUT2D eigenvalue weighted by Gasteiger charge is -2.20. The molecule has 1 amide bonds. The van der Waals surface area contributed by atoms with Crippen molar-refractivity contribution in [2.24, 2.45) is 10.7 Å². The third-order valence-electron chi connectivity index (χ3n) is 4.94. The molecule has 3 rings (SSSR count). The zero-order valence-corrected chi connectivity index (χ0v) is 18.3. The van der Waals surface area contributed by atoms with Gasteiger partial charge in [0.05, 0.1) is 0 Å². The number of carbonyl (C=O) groups excluding carboxylic acids is 1. The first-order valence-corrected chi connectivity index (χ1v) is 9.28. The summed E-state index contributed by atoms with van der Waals surface area (Å²) >= 11 is 0. The first kappa shape index (κ1) is 21.7. The zero-order chi connectivity index (χ0) is 18.5. The van der Waals surface area contributed by atoms with E-state index in [2.05, 4.69) is 27.4 Å². The van der Waals surface area contributed by atoms with Gasteiger partial charge in [0.25, 0.3) is 5.91 Å². The van der Waals surface area contributed by atoms with Crippen LogP contribution in [0.15, 0.2) is 29.3 Å². The van der Waals surface area contributed by atoms with Gasteiger partial charge in [-0.25, -0.2) is 0 Å². The molecule has 2 fully saturated rings. The molecular weight excluding hydrogens is 457 g/mol. The molecule has 0 spiro atoms. The second-order valence-electron chi connectivity index (χ2n) is 7.18. The van der Waals surface area contributed by atoms with Crippen molar-refractivity contribution >= 4 is 35.8 Å². The van der Waals surface area contributed by atoms with Crippen LogP contribution in [0.2, 0.25) is 0 Å². The lowest BCUT2D eigenvalue weighted by molar-refractivity contribution is -0.119. The van der Waals surface area contributed by atoms with Gasteiger partial charge in [-0.05, 0) is 43.9 Å². The molecule has 1 saturated heterocycles. The quantitative estimate of drug-likeness (QED) is 0.308. The number of hydrogen-bond donors (Lipinski definition) is 3. The summed E-state index contributed by atoms with van der Waals surface area (Å²) in [6, 6.07) is 9.48. The number of primary amides is 1. The van der Waals surface area contributed by atoms with Crippen LogP contribution in [-0.4, -0.2) is 55.1 Å². The maximum absolute atomic E-state index is 10.8. The highest BCUT2D eigenvalue weighted by molar-refractivity contribution is 14.0. The summed E-state index contributed by atoms with van der Waals surface area (Å²) in [6.45, 7) is 3.91. The summed E-state index contributed by atoms with van der Waals surface area (Å²) in [4.78, 5) is 17.8. The molecule has 150 valence electrons. The Labute approximate surface area is 178 Å². The predicted molar refractivity (Wildman–Crippen MR) is 117 cm³/mol. The van der Waals surface area contributed by atoms with Gasteiger partial charge in [-0.2, -0.15) is 0 Å². The average molecular weight is 487 g/mol. The SMILES string of the molecule is CN=C(NCc1cccc(OCC(N)=O)c1)NC1CC(C)N(C2CC2)C1.I. The molecule has 8 heteroatoms. The van der Waals surface area contributed by atoms with Gasteiger partial charge in [0.1, 0.15) is 5.75 Å². The third-order valence-corrected chi connectivity index (χ3v) is 4.94. The van der Waals surface area contributed by atoms with Crippen molar-refractivity contribution in [3.8, 4) is 5.75 Å². The minimum Gasteiger partial charge on any atom is -0.484 e. The van der Waals surface area contributed by atoms with Crippen molar-refractivity contribution in [2.75, 3.05) is 20.2 Å². The number of rotatable bonds is 7. The fraction of sp³-hybridized carbons (Fsp3) is 0.579. The summed E-state index contributed by atoms with van der Waals surface area (Å²) in [6.07, 6.45) is 3.84. The van der Waals surface area contributed by atoms with Gasteiger partial charge in [0.15, 0.2) is 12.6 Å². The first-order chi connectivity index (χ1) is 12.5. The third kappa shape index (κ3) is 6.53. The zero-order valence-electron chi connectivity index (χ0n) is 16.0. The van der Waals surface area contributed by atoms with Crippen LogP contribution in [0.25, 0.3) is 0 Å². The molecular formula is C19H30IN5O2. The van der Waals surface area contributed by atoms with Crippen molar-refractivity contribution < 1.29 is 9.53 Å². The van der Waals surface area contributed by atoms with Crippen molar-refractivity contribution in [2.45, 2.75) is 50.9 Å². The Balaban J connectivity index is 0.00000261. The van der Waals surface area contributed by atoms with Crippen molar-refractivity contribution in [1.82, 2.24) is 15.5 Å². The summed E-state index contributed by atoms with van der Waals surface area (Å²) < 4.78 is 5.35. The van der Waals surface area contributed by atoms with Crippen LogP contribution in [0.4, 0.5) is 0 Å². The van der Waals surface area contributed by atoms with Gasteiger partial charge in [-0.1, -0.05) is 12.1 Å². The van der Waals surface area contributed by atoms with Gasteiger partial charge in [-0.3, -0.25) is 14.7 Å². The van der Waals surface area contributed by atoms with E-state index < -0.39 is 5.91 Å². The van der Waals surface area contributed by atoms with Crippen molar-refractivity contribution in [3.63, 3.8) is 0 Å². The summed E-state index contributed by atoms with van der Waals surface area (Å²) in [5, 5.41) is 6.89. The van der Waals surface area contributed by atoms with Crippen LogP contribution in [-0.2, 0) is 11.3 Å². The molecule has 2 unspecified atom stereocenters. The fourth-order valence-corrected chi connectivity index (χ4v) is 3.55. The molecule has 1 aliphatic heterocycles. The minimum atomic E-state index is -0.482. The lowest BCUT2D eigenvalue weighted by Crippen LogP contribution is -2.44. The van der Waals surface area contributed by atoms with E-state index in [4.69, 9.17) is 10.5 Å². The minimum absolute atomic E-state index is 0. The van der Waals surface area contributed by atoms with Gasteiger partial charge in [0.2, 0.25) is 0 Å². The number of nitrogens with zero attached hydrogens (tertiary/aromatic N) is 2. The van der Waals surface area contributed by atoms with Crippen LogP contribution >= 0.6 is 24.0 Å². The number of amides is 1. The second kappa shape index (κ2) is 10.1. The highest BCUT2D eigenvalue weighted by Crippen LogP contribution is 2.33. The number of carbonyl (C=O) groups is 1. The molecule has 1 saturated carbocycles. The predicted octanol–water partition coefficient (Wildman–Crippen LogP) is 1.46. The number of nitrogens with two attached hydrogens (primary N) is 1. The first-order valence-electron chi connectivity index (χ1n) is 9.28. The Hall–Kier alpha value is -1.55. The number of nitrogens with one attached hydrogen (secondary N) is 2. The molecule has 4 N–H and O–H groups in total. The molecule has 1 aliphatic carbocycles. The number of ether oxygens (including phenoxy) is 1. The molecule has 1 heterocycles. The Morgan fingerprint density at radius 2 is 2.19 bits per heavy atom. The van der Waals surface area contributed by atoms with Crippen LogP contribution in [0.3, 0.4) is 0 Å². The smallest absolute Gasteiger partial charge is 0.255 e. The van der Waals surface area contributed by atoms with Crippen molar-refractivity contribution in [1.29, 1.82) is 0 Å². The normalized spacial score (nSPS) is 22.8. The number of likely N-dealkylation sites (tertiary alicyclic amines) is 1. The van der Waals surface area contributed by atoms with E-state index in [1.165, 1.54) is 12.8 Å². The van der Waals surface area contributed by atoms with E-state index in [0.717, 1.165) is 30.5 Å². The largest absolute Gasteiger partial charge is 0.484 e. The fourth-order valence-electron chi connectivity index (χ4n) is 3.55. The molecule has 0 bridgehead atoms. The van der Waals surface area contributed by atoms with Gasteiger partial charge >= 0.3 is 0 Å². The van der Waals surface area contributed by atoms with Crippen LogP contribution in [0, 0.1) is 0 Å². The maximum atomic E-state index is 10.8. The van der Waals surface area contributed by atoms with E-state index in [9.17, 15) is 4.79 Å².